The Bertz CT molecular complexity index is 528. The predicted molar refractivity (Wildman–Crippen MR) is 77.1 cm³/mol. The van der Waals surface area contributed by atoms with Gasteiger partial charge in [-0.1, -0.05) is 15.9 Å². The molecule has 0 atom stereocenters. The van der Waals surface area contributed by atoms with Gasteiger partial charge >= 0.3 is 0 Å². The number of hydrogen-bond donors (Lipinski definition) is 0. The molecule has 1 heterocycles. The molecule has 110 valence electrons. The van der Waals surface area contributed by atoms with E-state index in [0.717, 1.165) is 0 Å². The first kappa shape index (κ1) is 16.6. The first-order valence-corrected chi connectivity index (χ1v) is 8.47. The number of nitrogens with zero attached hydrogens (tertiary/aromatic N) is 3. The summed E-state index contributed by atoms with van der Waals surface area (Å²) in [6.45, 7) is 4.57. The average molecular weight is 354 g/mol. The van der Waals surface area contributed by atoms with Crippen molar-refractivity contribution in [2.45, 2.75) is 18.7 Å². The average Bonchev–Trinajstić information content (AvgIpc) is 2.58. The van der Waals surface area contributed by atoms with Crippen molar-refractivity contribution in [3.05, 3.63) is 11.4 Å². The lowest BCUT2D eigenvalue weighted by atomic mass is 10.4. The molecule has 1 aromatic heterocycles. The molecule has 0 aliphatic carbocycles. The molecule has 1 aromatic rings. The summed E-state index contributed by atoms with van der Waals surface area (Å²) < 4.78 is 33.3. The Morgan fingerprint density at radius 3 is 2.42 bits per heavy atom. The Morgan fingerprint density at radius 1 is 1.37 bits per heavy atom. The highest BCUT2D eigenvalue weighted by Crippen LogP contribution is 2.22. The molecule has 0 aliphatic rings. The second-order valence-corrected chi connectivity index (χ2v) is 6.88. The fourth-order valence-electron chi connectivity index (χ4n) is 1.90. The highest BCUT2D eigenvalue weighted by Gasteiger charge is 2.29. The monoisotopic (exact) mass is 353 g/mol. The molecular weight excluding hydrogens is 334 g/mol. The first-order valence-electron chi connectivity index (χ1n) is 5.91. The fraction of sp³-hybridized carbons (Fsp3) is 0.727. The molecular formula is C11H20BrN3O3S. The summed E-state index contributed by atoms with van der Waals surface area (Å²) in [6.07, 6.45) is 0. The van der Waals surface area contributed by atoms with E-state index in [0.29, 0.717) is 41.3 Å². The van der Waals surface area contributed by atoms with Crippen molar-refractivity contribution < 1.29 is 13.2 Å². The largest absolute Gasteiger partial charge is 0.383 e. The third-order valence-electron chi connectivity index (χ3n) is 2.92. The third-order valence-corrected chi connectivity index (χ3v) is 5.43. The van der Waals surface area contributed by atoms with E-state index in [1.54, 1.807) is 32.7 Å². The van der Waals surface area contributed by atoms with E-state index in [1.807, 2.05) is 0 Å². The summed E-state index contributed by atoms with van der Waals surface area (Å²) in [5.41, 5.74) is 1.17. The Balaban J connectivity index is 3.18. The number of alkyl halides is 1. The van der Waals surface area contributed by atoms with Gasteiger partial charge in [-0.05, 0) is 13.8 Å². The van der Waals surface area contributed by atoms with Gasteiger partial charge in [0.25, 0.3) is 0 Å². The van der Waals surface area contributed by atoms with Crippen LogP contribution in [0.25, 0.3) is 0 Å². The van der Waals surface area contributed by atoms with Gasteiger partial charge in [-0.2, -0.15) is 9.40 Å². The van der Waals surface area contributed by atoms with Gasteiger partial charge in [0.2, 0.25) is 10.0 Å². The molecule has 0 amide bonds. The quantitative estimate of drug-likeness (QED) is 0.687. The van der Waals surface area contributed by atoms with Gasteiger partial charge in [0.05, 0.1) is 18.0 Å². The maximum atomic E-state index is 12.7. The highest BCUT2D eigenvalue weighted by atomic mass is 79.9. The number of methoxy groups -OCH3 is 1. The van der Waals surface area contributed by atoms with Crippen LogP contribution in [0.2, 0.25) is 0 Å². The van der Waals surface area contributed by atoms with E-state index in [1.165, 1.54) is 4.31 Å². The van der Waals surface area contributed by atoms with Crippen LogP contribution in [0, 0.1) is 13.8 Å². The van der Waals surface area contributed by atoms with Gasteiger partial charge in [0, 0.05) is 32.6 Å². The van der Waals surface area contributed by atoms with E-state index < -0.39 is 10.0 Å². The zero-order chi connectivity index (χ0) is 14.6. The molecule has 0 saturated carbocycles. The van der Waals surface area contributed by atoms with E-state index >= 15 is 0 Å². The third kappa shape index (κ3) is 3.56. The van der Waals surface area contributed by atoms with Crippen LogP contribution in [0.15, 0.2) is 4.90 Å². The molecule has 1 rings (SSSR count). The molecule has 0 fully saturated rings. The normalized spacial score (nSPS) is 12.3. The maximum absolute atomic E-state index is 12.7. The minimum absolute atomic E-state index is 0.298. The Kier molecular flexibility index (Phi) is 5.97. The molecule has 0 saturated heterocycles. The molecule has 8 heteroatoms. The first-order chi connectivity index (χ1) is 8.86. The van der Waals surface area contributed by atoms with Crippen LogP contribution in [0.3, 0.4) is 0 Å². The molecule has 0 bridgehead atoms. The van der Waals surface area contributed by atoms with E-state index in [-0.39, 0.29) is 0 Å². The zero-order valence-electron chi connectivity index (χ0n) is 11.7. The molecule has 0 spiro atoms. The summed E-state index contributed by atoms with van der Waals surface area (Å²) in [5, 5.41) is 4.75. The van der Waals surface area contributed by atoms with Gasteiger partial charge in [0.1, 0.15) is 4.90 Å². The summed E-state index contributed by atoms with van der Waals surface area (Å²) in [5.74, 6) is 0. The van der Waals surface area contributed by atoms with Gasteiger partial charge < -0.3 is 4.74 Å². The SMILES string of the molecule is COCCN(CCBr)S(=O)(=O)c1c(C)nn(C)c1C. The summed E-state index contributed by atoms with van der Waals surface area (Å²) >= 11 is 3.28. The van der Waals surface area contributed by atoms with Gasteiger partial charge in [-0.15, -0.1) is 0 Å². The number of ether oxygens (including phenoxy) is 1. The van der Waals surface area contributed by atoms with Gasteiger partial charge in [0.15, 0.2) is 0 Å². The van der Waals surface area contributed by atoms with Gasteiger partial charge in [-0.25, -0.2) is 8.42 Å². The fourth-order valence-corrected chi connectivity index (χ4v) is 4.38. The van der Waals surface area contributed by atoms with Crippen molar-refractivity contribution in [1.29, 1.82) is 0 Å². The minimum atomic E-state index is -3.54. The van der Waals surface area contributed by atoms with Crippen LogP contribution >= 0.6 is 15.9 Å². The minimum Gasteiger partial charge on any atom is -0.383 e. The topological polar surface area (TPSA) is 64.4 Å². The smallest absolute Gasteiger partial charge is 0.246 e. The van der Waals surface area contributed by atoms with Crippen molar-refractivity contribution in [2.24, 2.45) is 7.05 Å². The van der Waals surface area contributed by atoms with E-state index in [2.05, 4.69) is 21.0 Å². The molecule has 0 radical (unpaired) electrons. The maximum Gasteiger partial charge on any atom is 0.246 e. The number of sulfonamides is 1. The molecule has 19 heavy (non-hydrogen) atoms. The van der Waals surface area contributed by atoms with Gasteiger partial charge in [-0.3, -0.25) is 4.68 Å². The Labute approximate surface area is 122 Å². The molecule has 6 nitrogen and oxygen atoms in total. The van der Waals surface area contributed by atoms with Crippen LogP contribution in [-0.2, 0) is 21.8 Å². The lowest BCUT2D eigenvalue weighted by Crippen LogP contribution is -2.36. The van der Waals surface area contributed by atoms with Crippen molar-refractivity contribution in [2.75, 3.05) is 32.1 Å². The van der Waals surface area contributed by atoms with Crippen molar-refractivity contribution >= 4 is 26.0 Å². The van der Waals surface area contributed by atoms with Crippen molar-refractivity contribution in [3.8, 4) is 0 Å². The molecule has 0 aromatic carbocycles. The number of aromatic nitrogens is 2. The Morgan fingerprint density at radius 2 is 2.00 bits per heavy atom. The van der Waals surface area contributed by atoms with Crippen LogP contribution in [0.4, 0.5) is 0 Å². The zero-order valence-corrected chi connectivity index (χ0v) is 14.1. The van der Waals surface area contributed by atoms with Crippen molar-refractivity contribution in [3.63, 3.8) is 0 Å². The highest BCUT2D eigenvalue weighted by molar-refractivity contribution is 9.09. The second kappa shape index (κ2) is 6.83. The molecule has 0 N–H and O–H groups in total. The predicted octanol–water partition coefficient (Wildman–Crippen LogP) is 1.07. The van der Waals surface area contributed by atoms with E-state index in [9.17, 15) is 8.42 Å². The summed E-state index contributed by atoms with van der Waals surface area (Å²) in [4.78, 5) is 0.298. The Hall–Kier alpha value is -0.440. The molecule has 0 aliphatic heterocycles. The summed E-state index contributed by atoms with van der Waals surface area (Å²) in [7, 11) is -0.240. The van der Waals surface area contributed by atoms with Crippen LogP contribution in [-0.4, -0.2) is 54.6 Å². The van der Waals surface area contributed by atoms with Crippen molar-refractivity contribution in [1.82, 2.24) is 14.1 Å². The van der Waals surface area contributed by atoms with Crippen LogP contribution in [0.1, 0.15) is 11.4 Å². The summed E-state index contributed by atoms with van der Waals surface area (Å²) in [6, 6.07) is 0. The second-order valence-electron chi connectivity index (χ2n) is 4.21. The lowest BCUT2D eigenvalue weighted by molar-refractivity contribution is 0.180. The number of hydrogen-bond acceptors (Lipinski definition) is 4. The number of aryl methyl sites for hydroxylation is 2. The van der Waals surface area contributed by atoms with E-state index in [4.69, 9.17) is 4.74 Å². The van der Waals surface area contributed by atoms with Crippen LogP contribution in [0.5, 0.6) is 0 Å². The number of halogens is 1. The van der Waals surface area contributed by atoms with Crippen LogP contribution < -0.4 is 0 Å². The standard InChI is InChI=1S/C11H20BrN3O3S/c1-9-11(10(2)14(3)13-9)19(16,17)15(6-5-12)7-8-18-4/h5-8H2,1-4H3. The molecule has 0 unspecified atom stereocenters. The lowest BCUT2D eigenvalue weighted by Gasteiger charge is -2.21. The number of rotatable bonds is 7.